The van der Waals surface area contributed by atoms with Crippen LogP contribution >= 0.6 is 22.9 Å². The molecule has 0 radical (unpaired) electrons. The van der Waals surface area contributed by atoms with E-state index >= 15 is 0 Å². The maximum atomic E-state index is 8.98. The zero-order valence-electron chi connectivity index (χ0n) is 8.25. The summed E-state index contributed by atoms with van der Waals surface area (Å²) in [6.45, 7) is 2.02. The second-order valence-corrected chi connectivity index (χ2v) is 4.80. The average molecular weight is 229 g/mol. The monoisotopic (exact) mass is 228 g/mol. The van der Waals surface area contributed by atoms with Crippen LogP contribution in [0.1, 0.15) is 24.3 Å². The van der Waals surface area contributed by atoms with E-state index < -0.39 is 0 Å². The van der Waals surface area contributed by atoms with Crippen molar-refractivity contribution in [1.29, 1.82) is 5.26 Å². The van der Waals surface area contributed by atoms with Gasteiger partial charge in [-0.3, -0.25) is 0 Å². The van der Waals surface area contributed by atoms with Gasteiger partial charge in [-0.1, -0.05) is 18.5 Å². The van der Waals surface area contributed by atoms with Crippen molar-refractivity contribution in [3.63, 3.8) is 0 Å². The Labute approximate surface area is 93.5 Å². The number of thiophene rings is 1. The highest BCUT2D eigenvalue weighted by Crippen LogP contribution is 2.31. The van der Waals surface area contributed by atoms with Crippen molar-refractivity contribution < 1.29 is 0 Å². The van der Waals surface area contributed by atoms with Gasteiger partial charge in [-0.25, -0.2) is 0 Å². The largest absolute Gasteiger partial charge is 0.311 e. The Morgan fingerprint density at radius 2 is 2.36 bits per heavy atom. The Hall–Kier alpha value is -0.560. The molecule has 0 aliphatic rings. The SMILES string of the molecule is CCC(C#N)C(NC)c1ccc(Cl)s1. The summed E-state index contributed by atoms with van der Waals surface area (Å²) in [5.74, 6) is 0.00900. The van der Waals surface area contributed by atoms with Crippen LogP contribution in [0.2, 0.25) is 4.34 Å². The Balaban J connectivity index is 2.87. The predicted octanol–water partition coefficient (Wildman–Crippen LogP) is 3.21. The first kappa shape index (κ1) is 11.5. The molecule has 4 heteroatoms. The Kier molecular flexibility index (Phi) is 4.40. The summed E-state index contributed by atoms with van der Waals surface area (Å²) in [4.78, 5) is 1.13. The van der Waals surface area contributed by atoms with Crippen LogP contribution in [0.25, 0.3) is 0 Å². The smallest absolute Gasteiger partial charge is 0.0931 e. The zero-order valence-corrected chi connectivity index (χ0v) is 9.82. The summed E-state index contributed by atoms with van der Waals surface area (Å²) in [6, 6.07) is 6.26. The summed E-state index contributed by atoms with van der Waals surface area (Å²) < 4.78 is 0.771. The van der Waals surface area contributed by atoms with Crippen molar-refractivity contribution >= 4 is 22.9 Å². The van der Waals surface area contributed by atoms with Gasteiger partial charge < -0.3 is 5.32 Å². The number of nitriles is 1. The molecule has 1 aromatic heterocycles. The molecule has 0 bridgehead atoms. The number of rotatable bonds is 4. The van der Waals surface area contributed by atoms with Gasteiger partial charge in [0.25, 0.3) is 0 Å². The molecule has 0 amide bonds. The molecule has 14 heavy (non-hydrogen) atoms. The molecule has 0 aliphatic carbocycles. The number of halogens is 1. The highest BCUT2D eigenvalue weighted by molar-refractivity contribution is 7.16. The van der Waals surface area contributed by atoms with Gasteiger partial charge in [0.05, 0.1) is 22.4 Å². The van der Waals surface area contributed by atoms with Crippen LogP contribution in [0.15, 0.2) is 12.1 Å². The lowest BCUT2D eigenvalue weighted by Crippen LogP contribution is -2.22. The van der Waals surface area contributed by atoms with Crippen molar-refractivity contribution in [1.82, 2.24) is 5.32 Å². The van der Waals surface area contributed by atoms with Crippen LogP contribution < -0.4 is 5.32 Å². The molecule has 0 fully saturated rings. The summed E-state index contributed by atoms with van der Waals surface area (Å²) in [6.07, 6.45) is 0.845. The van der Waals surface area contributed by atoms with E-state index in [2.05, 4.69) is 11.4 Å². The van der Waals surface area contributed by atoms with Crippen LogP contribution in [0.5, 0.6) is 0 Å². The molecule has 0 aliphatic heterocycles. The van der Waals surface area contributed by atoms with E-state index in [0.29, 0.717) is 0 Å². The summed E-state index contributed by atoms with van der Waals surface area (Å²) in [7, 11) is 1.87. The van der Waals surface area contributed by atoms with E-state index in [0.717, 1.165) is 15.6 Å². The number of hydrogen-bond acceptors (Lipinski definition) is 3. The third kappa shape index (κ3) is 2.48. The van der Waals surface area contributed by atoms with E-state index in [4.69, 9.17) is 16.9 Å². The van der Waals surface area contributed by atoms with Gasteiger partial charge in [-0.2, -0.15) is 5.26 Å². The number of nitrogens with one attached hydrogen (secondary N) is 1. The van der Waals surface area contributed by atoms with Crippen LogP contribution in [-0.4, -0.2) is 7.05 Å². The lowest BCUT2D eigenvalue weighted by molar-refractivity contribution is 0.455. The van der Waals surface area contributed by atoms with Crippen molar-refractivity contribution in [2.24, 2.45) is 5.92 Å². The van der Waals surface area contributed by atoms with E-state index in [1.165, 1.54) is 11.3 Å². The Morgan fingerprint density at radius 1 is 1.64 bits per heavy atom. The second-order valence-electron chi connectivity index (χ2n) is 3.05. The van der Waals surface area contributed by atoms with E-state index in [9.17, 15) is 0 Å². The third-order valence-electron chi connectivity index (χ3n) is 2.22. The normalized spacial score (nSPS) is 14.7. The molecule has 0 spiro atoms. The molecular formula is C10H13ClN2S. The fourth-order valence-electron chi connectivity index (χ4n) is 1.44. The molecule has 1 N–H and O–H groups in total. The van der Waals surface area contributed by atoms with Crippen LogP contribution in [0, 0.1) is 17.2 Å². The molecular weight excluding hydrogens is 216 g/mol. The molecule has 76 valence electrons. The molecule has 1 rings (SSSR count). The first-order chi connectivity index (χ1) is 6.72. The first-order valence-corrected chi connectivity index (χ1v) is 5.74. The van der Waals surface area contributed by atoms with E-state index in [-0.39, 0.29) is 12.0 Å². The standard InChI is InChI=1S/C10H13ClN2S/c1-3-7(6-12)10(13-2)8-4-5-9(11)14-8/h4-5,7,10,13H,3H2,1-2H3. The molecule has 1 heterocycles. The second kappa shape index (κ2) is 5.35. The Bertz CT molecular complexity index is 329. The van der Waals surface area contributed by atoms with Crippen molar-refractivity contribution in [2.75, 3.05) is 7.05 Å². The van der Waals surface area contributed by atoms with Crippen LogP contribution in [0.4, 0.5) is 0 Å². The van der Waals surface area contributed by atoms with Crippen molar-refractivity contribution in [3.8, 4) is 6.07 Å². The van der Waals surface area contributed by atoms with Crippen molar-refractivity contribution in [2.45, 2.75) is 19.4 Å². The van der Waals surface area contributed by atoms with Gasteiger partial charge in [-0.05, 0) is 25.6 Å². The molecule has 2 nitrogen and oxygen atoms in total. The fourth-order valence-corrected chi connectivity index (χ4v) is 2.68. The minimum atomic E-state index is 0.00900. The van der Waals surface area contributed by atoms with Crippen molar-refractivity contribution in [3.05, 3.63) is 21.3 Å². The molecule has 1 aromatic rings. The van der Waals surface area contributed by atoms with Crippen LogP contribution in [-0.2, 0) is 0 Å². The Morgan fingerprint density at radius 3 is 2.71 bits per heavy atom. The van der Waals surface area contributed by atoms with Crippen LogP contribution in [0.3, 0.4) is 0 Å². The van der Waals surface area contributed by atoms with Gasteiger partial charge in [0.15, 0.2) is 0 Å². The number of hydrogen-bond donors (Lipinski definition) is 1. The predicted molar refractivity (Wildman–Crippen MR) is 60.5 cm³/mol. The van der Waals surface area contributed by atoms with Gasteiger partial charge in [0, 0.05) is 4.88 Å². The molecule has 2 unspecified atom stereocenters. The first-order valence-electron chi connectivity index (χ1n) is 4.55. The summed E-state index contributed by atoms with van der Waals surface area (Å²) >= 11 is 7.39. The minimum Gasteiger partial charge on any atom is -0.311 e. The molecule has 0 saturated heterocycles. The highest BCUT2D eigenvalue weighted by Gasteiger charge is 2.21. The van der Waals surface area contributed by atoms with Gasteiger partial charge >= 0.3 is 0 Å². The molecule has 0 aromatic carbocycles. The van der Waals surface area contributed by atoms with Gasteiger partial charge in [0.2, 0.25) is 0 Å². The number of nitrogens with zero attached hydrogens (tertiary/aromatic N) is 1. The van der Waals surface area contributed by atoms with Gasteiger partial charge in [0.1, 0.15) is 0 Å². The molecule has 0 saturated carbocycles. The lowest BCUT2D eigenvalue weighted by atomic mass is 9.97. The quantitative estimate of drug-likeness (QED) is 0.859. The maximum Gasteiger partial charge on any atom is 0.0931 e. The molecule has 2 atom stereocenters. The third-order valence-corrected chi connectivity index (χ3v) is 3.53. The van der Waals surface area contributed by atoms with E-state index in [1.807, 2.05) is 26.1 Å². The topological polar surface area (TPSA) is 35.8 Å². The maximum absolute atomic E-state index is 8.98. The fraction of sp³-hybridized carbons (Fsp3) is 0.500. The average Bonchev–Trinajstić information content (AvgIpc) is 2.60. The summed E-state index contributed by atoms with van der Waals surface area (Å²) in [5.41, 5.74) is 0. The lowest BCUT2D eigenvalue weighted by Gasteiger charge is -2.18. The summed E-state index contributed by atoms with van der Waals surface area (Å²) in [5, 5.41) is 12.1. The minimum absolute atomic E-state index is 0.00900. The van der Waals surface area contributed by atoms with E-state index in [1.54, 1.807) is 0 Å². The highest BCUT2D eigenvalue weighted by atomic mass is 35.5. The van der Waals surface area contributed by atoms with Gasteiger partial charge in [-0.15, -0.1) is 11.3 Å². The zero-order chi connectivity index (χ0) is 10.6.